The highest BCUT2D eigenvalue weighted by Crippen LogP contribution is 2.30. The van der Waals surface area contributed by atoms with Gasteiger partial charge in [0, 0.05) is 25.0 Å². The van der Waals surface area contributed by atoms with Gasteiger partial charge in [0.2, 0.25) is 0 Å². The maximum Gasteiger partial charge on any atom is 0.185 e. The number of aromatic nitrogens is 1. The molecule has 1 N–H and O–H groups in total. The number of thiazole rings is 1. The lowest BCUT2D eigenvalue weighted by atomic mass is 10.1. The fourth-order valence-corrected chi connectivity index (χ4v) is 4.01. The monoisotopic (exact) mass is 281 g/mol. The maximum atomic E-state index is 4.86. The van der Waals surface area contributed by atoms with Crippen molar-refractivity contribution < 1.29 is 0 Å². The van der Waals surface area contributed by atoms with Gasteiger partial charge in [-0.3, -0.25) is 0 Å². The number of nitrogens with one attached hydrogen (secondary N) is 1. The number of anilines is 1. The van der Waals surface area contributed by atoms with E-state index < -0.39 is 0 Å². The van der Waals surface area contributed by atoms with E-state index in [1.165, 1.54) is 54.4 Å². The van der Waals surface area contributed by atoms with Gasteiger partial charge in [-0.15, -0.1) is 11.3 Å². The summed E-state index contributed by atoms with van der Waals surface area (Å²) in [5.74, 6) is 0.885. The molecule has 0 bridgehead atoms. The van der Waals surface area contributed by atoms with Crippen molar-refractivity contribution in [2.24, 2.45) is 5.92 Å². The predicted octanol–water partition coefficient (Wildman–Crippen LogP) is 3.44. The Balaban J connectivity index is 2.03. The Labute approximate surface area is 121 Å². The summed E-state index contributed by atoms with van der Waals surface area (Å²) in [6.07, 6.45) is 7.92. The molecule has 19 heavy (non-hydrogen) atoms. The number of hydrogen-bond acceptors (Lipinski definition) is 4. The molecule has 0 radical (unpaired) electrons. The van der Waals surface area contributed by atoms with Crippen LogP contribution < -0.4 is 10.2 Å². The van der Waals surface area contributed by atoms with Crippen molar-refractivity contribution in [3.8, 4) is 0 Å². The van der Waals surface area contributed by atoms with Crippen LogP contribution in [0, 0.1) is 5.92 Å². The summed E-state index contributed by atoms with van der Waals surface area (Å²) in [5.41, 5.74) is 1.30. The van der Waals surface area contributed by atoms with Crippen LogP contribution in [0.3, 0.4) is 0 Å². The molecule has 1 heterocycles. The lowest BCUT2D eigenvalue weighted by Gasteiger charge is -2.19. The Hall–Kier alpha value is -0.610. The second kappa shape index (κ2) is 7.25. The molecule has 108 valence electrons. The predicted molar refractivity (Wildman–Crippen MR) is 84.1 cm³/mol. The van der Waals surface area contributed by atoms with E-state index >= 15 is 0 Å². The zero-order valence-electron chi connectivity index (χ0n) is 12.5. The third kappa shape index (κ3) is 3.93. The average molecular weight is 281 g/mol. The Morgan fingerprint density at radius 3 is 2.74 bits per heavy atom. The Bertz CT molecular complexity index is 359. The van der Waals surface area contributed by atoms with E-state index in [-0.39, 0.29) is 0 Å². The number of nitrogens with zero attached hydrogens (tertiary/aromatic N) is 2. The van der Waals surface area contributed by atoms with Crippen LogP contribution in [-0.2, 0) is 13.0 Å². The fourth-order valence-electron chi connectivity index (χ4n) is 2.92. The van der Waals surface area contributed by atoms with Crippen LogP contribution in [0.2, 0.25) is 0 Å². The molecule has 3 nitrogen and oxygen atoms in total. The summed E-state index contributed by atoms with van der Waals surface area (Å²) < 4.78 is 0. The van der Waals surface area contributed by atoms with Crippen LogP contribution in [-0.4, -0.2) is 25.6 Å². The minimum absolute atomic E-state index is 0.885. The van der Waals surface area contributed by atoms with E-state index in [0.717, 1.165) is 18.9 Å². The van der Waals surface area contributed by atoms with Gasteiger partial charge >= 0.3 is 0 Å². The minimum atomic E-state index is 0.885. The molecular weight excluding hydrogens is 254 g/mol. The summed E-state index contributed by atoms with van der Waals surface area (Å²) >= 11 is 1.87. The lowest BCUT2D eigenvalue weighted by Crippen LogP contribution is -2.23. The first-order chi connectivity index (χ1) is 9.24. The largest absolute Gasteiger partial charge is 0.351 e. The van der Waals surface area contributed by atoms with E-state index in [1.54, 1.807) is 0 Å². The summed E-state index contributed by atoms with van der Waals surface area (Å²) in [5, 5.41) is 4.47. The third-order valence-electron chi connectivity index (χ3n) is 3.92. The Morgan fingerprint density at radius 2 is 2.11 bits per heavy atom. The maximum absolute atomic E-state index is 4.86. The van der Waals surface area contributed by atoms with Crippen molar-refractivity contribution >= 4 is 16.5 Å². The summed E-state index contributed by atoms with van der Waals surface area (Å²) in [7, 11) is 4.22. The van der Waals surface area contributed by atoms with E-state index in [1.807, 2.05) is 18.4 Å². The van der Waals surface area contributed by atoms with Crippen LogP contribution in [0.1, 0.15) is 49.6 Å². The molecule has 1 fully saturated rings. The standard InChI is InChI=1S/C15H27N3S/c1-4-7-13-14(10-16-2)19-15(17-13)18(3)11-12-8-5-6-9-12/h12,16H,4-11H2,1-3H3. The summed E-state index contributed by atoms with van der Waals surface area (Å²) in [6, 6.07) is 0. The molecule has 1 aromatic rings. The molecule has 2 rings (SSSR count). The molecule has 1 saturated carbocycles. The van der Waals surface area contributed by atoms with Crippen LogP contribution in [0.15, 0.2) is 0 Å². The smallest absolute Gasteiger partial charge is 0.185 e. The van der Waals surface area contributed by atoms with Crippen molar-refractivity contribution in [3.63, 3.8) is 0 Å². The molecule has 0 aromatic carbocycles. The Kier molecular flexibility index (Phi) is 5.64. The topological polar surface area (TPSA) is 28.2 Å². The van der Waals surface area contributed by atoms with Crippen LogP contribution in [0.25, 0.3) is 0 Å². The van der Waals surface area contributed by atoms with Crippen molar-refractivity contribution in [1.82, 2.24) is 10.3 Å². The van der Waals surface area contributed by atoms with Gasteiger partial charge in [0.1, 0.15) is 0 Å². The van der Waals surface area contributed by atoms with Crippen molar-refractivity contribution in [2.45, 2.75) is 52.0 Å². The van der Waals surface area contributed by atoms with Gasteiger partial charge in [-0.2, -0.15) is 0 Å². The number of aryl methyl sites for hydroxylation is 1. The summed E-state index contributed by atoms with van der Waals surface area (Å²) in [4.78, 5) is 8.65. The molecule has 0 unspecified atom stereocenters. The summed E-state index contributed by atoms with van der Waals surface area (Å²) in [6.45, 7) is 4.35. The molecule has 1 aliphatic rings. The normalized spacial score (nSPS) is 16.2. The molecule has 4 heteroatoms. The highest BCUT2D eigenvalue weighted by molar-refractivity contribution is 7.15. The lowest BCUT2D eigenvalue weighted by molar-refractivity contribution is 0.546. The second-order valence-corrected chi connectivity index (χ2v) is 6.74. The van der Waals surface area contributed by atoms with Gasteiger partial charge in [-0.25, -0.2) is 4.98 Å². The molecule has 0 spiro atoms. The fraction of sp³-hybridized carbons (Fsp3) is 0.800. The van der Waals surface area contributed by atoms with Gasteiger partial charge in [0.25, 0.3) is 0 Å². The zero-order valence-corrected chi connectivity index (χ0v) is 13.4. The van der Waals surface area contributed by atoms with Gasteiger partial charge in [0.05, 0.1) is 5.69 Å². The van der Waals surface area contributed by atoms with Crippen LogP contribution >= 0.6 is 11.3 Å². The van der Waals surface area contributed by atoms with Gasteiger partial charge in [-0.1, -0.05) is 26.2 Å². The molecule has 0 atom stereocenters. The minimum Gasteiger partial charge on any atom is -0.351 e. The quantitative estimate of drug-likeness (QED) is 0.830. The van der Waals surface area contributed by atoms with E-state index in [9.17, 15) is 0 Å². The number of rotatable bonds is 7. The van der Waals surface area contributed by atoms with E-state index in [2.05, 4.69) is 24.2 Å². The highest BCUT2D eigenvalue weighted by atomic mass is 32.1. The van der Waals surface area contributed by atoms with Crippen LogP contribution in [0.5, 0.6) is 0 Å². The first kappa shape index (κ1) is 14.8. The molecule has 0 amide bonds. The highest BCUT2D eigenvalue weighted by Gasteiger charge is 2.19. The van der Waals surface area contributed by atoms with Crippen molar-refractivity contribution in [1.29, 1.82) is 0 Å². The second-order valence-electron chi connectivity index (χ2n) is 5.68. The van der Waals surface area contributed by atoms with Gasteiger partial charge in [0.15, 0.2) is 5.13 Å². The number of hydrogen-bond donors (Lipinski definition) is 1. The Morgan fingerprint density at radius 1 is 1.37 bits per heavy atom. The molecule has 0 saturated heterocycles. The SMILES string of the molecule is CCCc1nc(N(C)CC2CCCC2)sc1CNC. The first-order valence-corrected chi connectivity index (χ1v) is 8.40. The zero-order chi connectivity index (χ0) is 13.7. The first-order valence-electron chi connectivity index (χ1n) is 7.59. The van der Waals surface area contributed by atoms with Gasteiger partial charge in [-0.05, 0) is 32.2 Å². The van der Waals surface area contributed by atoms with Crippen molar-refractivity contribution in [3.05, 3.63) is 10.6 Å². The average Bonchev–Trinajstić information content (AvgIpc) is 3.01. The van der Waals surface area contributed by atoms with Gasteiger partial charge < -0.3 is 10.2 Å². The van der Waals surface area contributed by atoms with E-state index in [4.69, 9.17) is 4.98 Å². The molecule has 1 aromatic heterocycles. The van der Waals surface area contributed by atoms with Crippen molar-refractivity contribution in [2.75, 3.05) is 25.5 Å². The molecule has 1 aliphatic carbocycles. The molecular formula is C15H27N3S. The third-order valence-corrected chi connectivity index (χ3v) is 5.14. The van der Waals surface area contributed by atoms with Crippen LogP contribution in [0.4, 0.5) is 5.13 Å². The molecule has 0 aliphatic heterocycles. The van der Waals surface area contributed by atoms with E-state index in [0.29, 0.717) is 0 Å².